The zero-order chi connectivity index (χ0) is 17.9. The Morgan fingerprint density at radius 2 is 1.91 bits per heavy atom. The fourth-order valence-electron chi connectivity index (χ4n) is 1.42. The maximum atomic E-state index is 13.5. The Morgan fingerprint density at radius 3 is 2.39 bits per heavy atom. The van der Waals surface area contributed by atoms with Gasteiger partial charge in [0, 0.05) is 11.3 Å². The fourth-order valence-corrected chi connectivity index (χ4v) is 1.42. The van der Waals surface area contributed by atoms with Gasteiger partial charge in [-0.05, 0) is 51.8 Å². The van der Waals surface area contributed by atoms with Crippen molar-refractivity contribution in [3.05, 3.63) is 48.3 Å². The molecule has 4 heteroatoms. The molecule has 0 fully saturated rings. The maximum Gasteiger partial charge on any atom is 0.412 e. The van der Waals surface area contributed by atoms with Crippen molar-refractivity contribution in [3.63, 3.8) is 0 Å². The minimum absolute atomic E-state index is 0.320. The molecule has 0 aliphatic heterocycles. The highest BCUT2D eigenvalue weighted by Crippen LogP contribution is 2.17. The topological polar surface area (TPSA) is 38.3 Å². The summed E-state index contributed by atoms with van der Waals surface area (Å²) >= 11 is 0. The third-order valence-electron chi connectivity index (χ3n) is 2.46. The third kappa shape index (κ3) is 10.3. The number of hydrogen-bond donors (Lipinski definition) is 1. The summed E-state index contributed by atoms with van der Waals surface area (Å²) in [5.74, 6) is -0.320. The Hall–Kier alpha value is -2.10. The molecular weight excluding hydrogens is 293 g/mol. The van der Waals surface area contributed by atoms with Crippen LogP contribution in [0.4, 0.5) is 14.9 Å². The monoisotopic (exact) mass is 321 g/mol. The second-order valence-corrected chi connectivity index (χ2v) is 5.87. The van der Waals surface area contributed by atoms with Gasteiger partial charge in [0.25, 0.3) is 0 Å². The Kier molecular flexibility index (Phi) is 9.63. The van der Waals surface area contributed by atoms with Crippen LogP contribution in [0.25, 0.3) is 6.08 Å². The van der Waals surface area contributed by atoms with Crippen LogP contribution in [0.15, 0.2) is 36.9 Å². The number of ether oxygens (including phenoxy) is 1. The first-order valence-electron chi connectivity index (χ1n) is 7.80. The average molecular weight is 321 g/mol. The molecule has 0 unspecified atom stereocenters. The van der Waals surface area contributed by atoms with Crippen LogP contribution in [0.5, 0.6) is 0 Å². The van der Waals surface area contributed by atoms with Crippen molar-refractivity contribution in [2.24, 2.45) is 0 Å². The Balaban J connectivity index is 0.00000108. The van der Waals surface area contributed by atoms with E-state index >= 15 is 0 Å². The molecule has 0 aromatic heterocycles. The van der Waals surface area contributed by atoms with E-state index in [1.807, 2.05) is 19.1 Å². The molecule has 1 N–H and O–H groups in total. The van der Waals surface area contributed by atoms with Gasteiger partial charge in [-0.25, -0.2) is 9.18 Å². The Labute approximate surface area is 139 Å². The van der Waals surface area contributed by atoms with Crippen molar-refractivity contribution in [1.82, 2.24) is 0 Å². The number of hydrogen-bond acceptors (Lipinski definition) is 2. The summed E-state index contributed by atoms with van der Waals surface area (Å²) in [6.07, 6.45) is 6.78. The first-order valence-corrected chi connectivity index (χ1v) is 7.80. The van der Waals surface area contributed by atoms with E-state index in [-0.39, 0.29) is 5.82 Å². The summed E-state index contributed by atoms with van der Waals surface area (Å²) in [7, 11) is 0. The van der Waals surface area contributed by atoms with Crippen molar-refractivity contribution < 1.29 is 13.9 Å². The van der Waals surface area contributed by atoms with E-state index in [2.05, 4.69) is 18.8 Å². The van der Waals surface area contributed by atoms with Crippen LogP contribution in [0.1, 0.15) is 53.0 Å². The lowest BCUT2D eigenvalue weighted by molar-refractivity contribution is 0.0636. The van der Waals surface area contributed by atoms with Gasteiger partial charge in [-0.15, -0.1) is 6.58 Å². The zero-order valence-electron chi connectivity index (χ0n) is 14.8. The summed E-state index contributed by atoms with van der Waals surface area (Å²) in [5, 5.41) is 2.58. The molecule has 1 aromatic rings. The molecule has 1 amide bonds. The fraction of sp³-hybridized carbons (Fsp3) is 0.421. The summed E-state index contributed by atoms with van der Waals surface area (Å²) in [5.41, 5.74) is 0.386. The van der Waals surface area contributed by atoms with Crippen LogP contribution in [-0.2, 0) is 4.74 Å². The molecule has 1 rings (SSSR count). The van der Waals surface area contributed by atoms with Crippen molar-refractivity contribution in [2.45, 2.75) is 53.1 Å². The minimum atomic E-state index is -0.560. The predicted octanol–water partition coefficient (Wildman–Crippen LogP) is 6.18. The first-order chi connectivity index (χ1) is 10.7. The van der Waals surface area contributed by atoms with Gasteiger partial charge >= 0.3 is 6.09 Å². The molecule has 0 aliphatic rings. The van der Waals surface area contributed by atoms with E-state index in [4.69, 9.17) is 4.74 Å². The number of nitrogens with one attached hydrogen (secondary N) is 1. The van der Waals surface area contributed by atoms with Gasteiger partial charge in [0.1, 0.15) is 11.4 Å². The smallest absolute Gasteiger partial charge is 0.412 e. The second-order valence-electron chi connectivity index (χ2n) is 5.87. The zero-order valence-corrected chi connectivity index (χ0v) is 14.8. The van der Waals surface area contributed by atoms with Gasteiger partial charge in [-0.2, -0.15) is 0 Å². The lowest BCUT2D eigenvalue weighted by atomic mass is 10.1. The number of amides is 1. The molecule has 0 spiro atoms. The van der Waals surface area contributed by atoms with Gasteiger partial charge in [-0.1, -0.05) is 32.1 Å². The highest BCUT2D eigenvalue weighted by atomic mass is 19.1. The summed E-state index contributed by atoms with van der Waals surface area (Å²) < 4.78 is 18.6. The van der Waals surface area contributed by atoms with Crippen LogP contribution in [-0.4, -0.2) is 11.7 Å². The summed E-state index contributed by atoms with van der Waals surface area (Å²) in [6, 6.07) is 4.40. The van der Waals surface area contributed by atoms with Gasteiger partial charge in [-0.3, -0.25) is 5.32 Å². The van der Waals surface area contributed by atoms with Gasteiger partial charge in [0.2, 0.25) is 0 Å². The SMILES string of the molecule is C=CCC.CC/C=C/c1cc(NC(=O)OC(C)(C)C)ccc1F. The largest absolute Gasteiger partial charge is 0.444 e. The number of benzene rings is 1. The first kappa shape index (κ1) is 20.9. The quantitative estimate of drug-likeness (QED) is 0.673. The number of allylic oxidation sites excluding steroid dienone is 2. The number of carbonyl (C=O) groups is 1. The Morgan fingerprint density at radius 1 is 1.30 bits per heavy atom. The van der Waals surface area contributed by atoms with Gasteiger partial charge in [0.05, 0.1) is 0 Å². The van der Waals surface area contributed by atoms with Crippen molar-refractivity contribution >= 4 is 17.9 Å². The molecule has 0 radical (unpaired) electrons. The normalized spacial score (nSPS) is 10.7. The molecule has 0 atom stereocenters. The van der Waals surface area contributed by atoms with Crippen LogP contribution >= 0.6 is 0 Å². The highest BCUT2D eigenvalue weighted by Gasteiger charge is 2.16. The van der Waals surface area contributed by atoms with E-state index in [0.29, 0.717) is 11.3 Å². The average Bonchev–Trinajstić information content (AvgIpc) is 2.46. The van der Waals surface area contributed by atoms with Crippen molar-refractivity contribution in [1.29, 1.82) is 0 Å². The standard InChI is InChI=1S/C15H20FNO2.C4H8/c1-5-6-7-11-10-12(8-9-13(11)16)17-14(18)19-15(2,3)4;1-3-4-2/h6-10H,5H2,1-4H3,(H,17,18);3H,1,4H2,2H3/b7-6+;. The van der Waals surface area contributed by atoms with Crippen LogP contribution < -0.4 is 5.32 Å². The van der Waals surface area contributed by atoms with Gasteiger partial charge < -0.3 is 4.74 Å². The molecule has 0 saturated heterocycles. The molecule has 0 bridgehead atoms. The van der Waals surface area contributed by atoms with E-state index < -0.39 is 11.7 Å². The molecule has 23 heavy (non-hydrogen) atoms. The number of halogens is 1. The van der Waals surface area contributed by atoms with Crippen molar-refractivity contribution in [3.8, 4) is 0 Å². The van der Waals surface area contributed by atoms with Crippen LogP contribution in [0, 0.1) is 5.82 Å². The summed E-state index contributed by atoms with van der Waals surface area (Å²) in [6.45, 7) is 12.9. The van der Waals surface area contributed by atoms with E-state index in [1.54, 1.807) is 32.9 Å². The predicted molar refractivity (Wildman–Crippen MR) is 96.1 cm³/mol. The number of anilines is 1. The lowest BCUT2D eigenvalue weighted by Gasteiger charge is -2.19. The van der Waals surface area contributed by atoms with Gasteiger partial charge in [0.15, 0.2) is 0 Å². The molecule has 1 aromatic carbocycles. The maximum absolute atomic E-state index is 13.5. The summed E-state index contributed by atoms with van der Waals surface area (Å²) in [4.78, 5) is 11.6. The second kappa shape index (κ2) is 10.6. The minimum Gasteiger partial charge on any atom is -0.444 e. The molecular formula is C19H28FNO2. The molecule has 0 heterocycles. The third-order valence-corrected chi connectivity index (χ3v) is 2.46. The molecule has 0 aliphatic carbocycles. The molecule has 128 valence electrons. The van der Waals surface area contributed by atoms with E-state index in [1.165, 1.54) is 12.1 Å². The molecule has 3 nitrogen and oxygen atoms in total. The number of rotatable bonds is 4. The van der Waals surface area contributed by atoms with Crippen LogP contribution in [0.3, 0.4) is 0 Å². The highest BCUT2D eigenvalue weighted by molar-refractivity contribution is 5.85. The van der Waals surface area contributed by atoms with Crippen LogP contribution in [0.2, 0.25) is 0 Å². The molecule has 0 saturated carbocycles. The lowest BCUT2D eigenvalue weighted by Crippen LogP contribution is -2.27. The number of carbonyl (C=O) groups excluding carboxylic acids is 1. The van der Waals surface area contributed by atoms with E-state index in [9.17, 15) is 9.18 Å². The van der Waals surface area contributed by atoms with E-state index in [0.717, 1.165) is 12.8 Å². The van der Waals surface area contributed by atoms with Crippen molar-refractivity contribution in [2.75, 3.05) is 5.32 Å². The Bertz CT molecular complexity index is 531.